The van der Waals surface area contributed by atoms with Crippen molar-refractivity contribution in [2.24, 2.45) is 24.4 Å². The summed E-state index contributed by atoms with van der Waals surface area (Å²) < 4.78 is 55.6. The summed E-state index contributed by atoms with van der Waals surface area (Å²) in [6.07, 6.45) is 3.26. The van der Waals surface area contributed by atoms with E-state index in [1.165, 1.54) is 28.3 Å². The number of nitrogens with zero attached hydrogens (tertiary/aromatic N) is 6. The van der Waals surface area contributed by atoms with Gasteiger partial charge < -0.3 is 38.9 Å². The third-order valence-corrected chi connectivity index (χ3v) is 13.7. The van der Waals surface area contributed by atoms with E-state index in [2.05, 4.69) is 72.7 Å². The summed E-state index contributed by atoms with van der Waals surface area (Å²) in [7, 11) is 4.97. The van der Waals surface area contributed by atoms with Crippen LogP contribution in [-0.4, -0.2) is 94.4 Å². The first kappa shape index (κ1) is 58.9. The molecule has 4 heterocycles. The Morgan fingerprint density at radius 1 is 0.595 bits per heavy atom. The molecule has 4 aromatic carbocycles. The predicted molar refractivity (Wildman–Crippen MR) is 293 cm³/mol. The highest BCUT2D eigenvalue weighted by Gasteiger charge is 2.63. The summed E-state index contributed by atoms with van der Waals surface area (Å²) in [5.41, 5.74) is 3.98. The molecule has 0 radical (unpaired) electrons. The van der Waals surface area contributed by atoms with Crippen molar-refractivity contribution >= 4 is 81.5 Å². The summed E-state index contributed by atoms with van der Waals surface area (Å²) in [4.78, 5) is 33.8. The quantitative estimate of drug-likeness (QED) is 0.0763. The first-order valence-electron chi connectivity index (χ1n) is 23.3. The van der Waals surface area contributed by atoms with Gasteiger partial charge in [0.2, 0.25) is 11.9 Å². The maximum Gasteiger partial charge on any atom is 0.488 e. The van der Waals surface area contributed by atoms with Crippen LogP contribution in [0.1, 0.15) is 98.6 Å². The second-order valence-corrected chi connectivity index (χ2v) is 20.7. The average Bonchev–Trinajstić information content (AvgIpc) is 3.93. The van der Waals surface area contributed by atoms with Crippen molar-refractivity contribution in [1.82, 2.24) is 19.6 Å². The number of carbonyl (C=O) groups is 2. The molecule has 74 heavy (non-hydrogen) atoms. The van der Waals surface area contributed by atoms with E-state index in [1.54, 1.807) is 50.5 Å². The highest BCUT2D eigenvalue weighted by Crippen LogP contribution is 2.43. The van der Waals surface area contributed by atoms with Gasteiger partial charge in [-0.15, -0.1) is 0 Å². The van der Waals surface area contributed by atoms with Crippen LogP contribution in [0.25, 0.3) is 11.1 Å². The fourth-order valence-electron chi connectivity index (χ4n) is 7.08. The van der Waals surface area contributed by atoms with E-state index in [4.69, 9.17) is 18.6 Å². The van der Waals surface area contributed by atoms with Crippen LogP contribution in [0, 0.1) is 25.7 Å². The first-order chi connectivity index (χ1) is 34.7. The molecule has 6 aromatic rings. The van der Waals surface area contributed by atoms with Gasteiger partial charge in [0.15, 0.2) is 0 Å². The number of anilines is 2. The van der Waals surface area contributed by atoms with Crippen molar-refractivity contribution in [3.63, 3.8) is 0 Å². The summed E-state index contributed by atoms with van der Waals surface area (Å²) in [5, 5.41) is 20.6. The highest BCUT2D eigenvalue weighted by atomic mass is 79.9. The molecule has 2 amide bonds. The molecule has 0 saturated carbocycles. The number of oxime groups is 2. The molecular formula is C52H62B2Br2F2N8O8. The lowest BCUT2D eigenvalue weighted by molar-refractivity contribution is 0.00578. The van der Waals surface area contributed by atoms with Crippen molar-refractivity contribution in [2.45, 2.75) is 91.6 Å². The second-order valence-electron chi connectivity index (χ2n) is 18.9. The van der Waals surface area contributed by atoms with Gasteiger partial charge in [0.05, 0.1) is 51.9 Å². The molecule has 2 aliphatic heterocycles. The number of rotatable bonds is 10. The largest absolute Gasteiger partial charge is 0.488 e. The van der Waals surface area contributed by atoms with Crippen LogP contribution in [0.5, 0.6) is 0 Å². The lowest BCUT2D eigenvalue weighted by Crippen LogP contribution is -2.41. The lowest BCUT2D eigenvalue weighted by atomic mass is 9.49. The van der Waals surface area contributed by atoms with Crippen molar-refractivity contribution in [1.29, 1.82) is 0 Å². The third kappa shape index (κ3) is 14.6. The number of amides is 2. The molecule has 0 bridgehead atoms. The zero-order valence-electron chi connectivity index (χ0n) is 44.0. The summed E-state index contributed by atoms with van der Waals surface area (Å²) in [6, 6.07) is 29.9. The zero-order chi connectivity index (χ0) is 54.8. The van der Waals surface area contributed by atoms with Gasteiger partial charge in [0, 0.05) is 34.3 Å². The van der Waals surface area contributed by atoms with Crippen LogP contribution in [0.15, 0.2) is 116 Å². The van der Waals surface area contributed by atoms with Crippen molar-refractivity contribution in [2.75, 3.05) is 24.9 Å². The summed E-state index contributed by atoms with van der Waals surface area (Å²) >= 11 is 6.65. The van der Waals surface area contributed by atoms with Crippen molar-refractivity contribution < 1.29 is 46.7 Å². The number of aryl methyl sites for hydroxylation is 4. The Hall–Kier alpha value is -6.03. The first-order valence-corrected chi connectivity index (χ1v) is 24.9. The van der Waals surface area contributed by atoms with Crippen LogP contribution in [0.2, 0.25) is 0 Å². The minimum atomic E-state index is -0.663. The Morgan fingerprint density at radius 2 is 0.959 bits per heavy atom. The van der Waals surface area contributed by atoms with E-state index in [0.29, 0.717) is 22.8 Å². The predicted octanol–water partition coefficient (Wildman–Crippen LogP) is 11.3. The van der Waals surface area contributed by atoms with Crippen LogP contribution in [-0.2, 0) is 42.4 Å². The van der Waals surface area contributed by atoms with Crippen LogP contribution in [0.3, 0.4) is 0 Å². The summed E-state index contributed by atoms with van der Waals surface area (Å²) in [6.45, 7) is 19.4. The number of aromatic nitrogens is 4. The Labute approximate surface area is 449 Å². The van der Waals surface area contributed by atoms with Crippen molar-refractivity contribution in [3.05, 3.63) is 152 Å². The maximum atomic E-state index is 14.2. The number of nitrogens with one attached hydrogen (secondary N) is 2. The summed E-state index contributed by atoms with van der Waals surface area (Å²) in [5.74, 6) is -2.35. The molecule has 2 fully saturated rings. The normalized spacial score (nSPS) is 15.9. The van der Waals surface area contributed by atoms with E-state index < -0.39 is 37.7 Å². The standard InChI is InChI=1S/C20H19FN4O2.C12H24B2O4.C12H11BrFN3O.C8H8BrNO/c1-13-18(19(21)25(2)24-13)20(26)23-17-7-5-4-6-16(17)15-10-8-14(9-11-15)12-22-27-3;1-9(2)10(3,4)16-13(15-9)14-17-11(5,6)12(7,8)18-14;1-7-10(11(14)17(2)16-7)12(18)15-9-6-4-3-5-8(9)13;1-11-10-6-7-2-4-8(9)5-3-7/h4-12H,1-3H3,(H,23,26);1-8H3;3-6H,1-2H3,(H,15,18);2-6H,1H3/b22-12+;;;10-6+. The molecular weight excluding hydrogens is 1080 g/mol. The van der Waals surface area contributed by atoms with Gasteiger partial charge in [-0.1, -0.05) is 93.0 Å². The minimum Gasteiger partial charge on any atom is -0.405 e. The smallest absolute Gasteiger partial charge is 0.405 e. The molecule has 2 aliphatic rings. The number of carbonyl (C=O) groups excluding carboxylic acids is 2. The second kappa shape index (κ2) is 25.0. The molecule has 0 atom stereocenters. The molecule has 0 spiro atoms. The molecule has 16 nitrogen and oxygen atoms in total. The molecule has 8 rings (SSSR count). The van der Waals surface area contributed by atoms with Crippen LogP contribution in [0.4, 0.5) is 20.2 Å². The van der Waals surface area contributed by atoms with Crippen LogP contribution >= 0.6 is 31.9 Å². The number of para-hydroxylation sites is 2. The topological polar surface area (TPSA) is 174 Å². The van der Waals surface area contributed by atoms with E-state index >= 15 is 0 Å². The van der Waals surface area contributed by atoms with Gasteiger partial charge >= 0.3 is 14.0 Å². The molecule has 2 aromatic heterocycles. The Balaban J connectivity index is 0.000000191. The monoisotopic (exact) mass is 1140 g/mol. The molecule has 2 saturated heterocycles. The lowest BCUT2D eigenvalue weighted by Gasteiger charge is -2.32. The van der Waals surface area contributed by atoms with Gasteiger partial charge in [-0.2, -0.15) is 19.0 Å². The van der Waals surface area contributed by atoms with Gasteiger partial charge in [0.25, 0.3) is 11.8 Å². The fraction of sp³-hybridized carbons (Fsp3) is 0.346. The number of hydrogen-bond acceptors (Lipinski definition) is 12. The Morgan fingerprint density at radius 3 is 1.34 bits per heavy atom. The van der Waals surface area contributed by atoms with Gasteiger partial charge in [0.1, 0.15) is 25.3 Å². The van der Waals surface area contributed by atoms with Gasteiger partial charge in [-0.05, 0) is 132 Å². The minimum absolute atomic E-state index is 0.0340. The Bertz CT molecular complexity index is 2880. The molecule has 0 unspecified atom stereocenters. The molecule has 392 valence electrons. The van der Waals surface area contributed by atoms with E-state index in [-0.39, 0.29) is 33.5 Å². The Kier molecular flexibility index (Phi) is 19.9. The third-order valence-electron chi connectivity index (χ3n) is 12.5. The van der Waals surface area contributed by atoms with Crippen LogP contribution < -0.4 is 10.6 Å². The molecule has 0 aliphatic carbocycles. The zero-order valence-corrected chi connectivity index (χ0v) is 47.2. The number of benzene rings is 4. The van der Waals surface area contributed by atoms with E-state index in [0.717, 1.165) is 40.6 Å². The van der Waals surface area contributed by atoms with Gasteiger partial charge in [-0.25, -0.2) is 9.36 Å². The van der Waals surface area contributed by atoms with Crippen molar-refractivity contribution in [3.8, 4) is 11.1 Å². The molecule has 22 heteroatoms. The molecule has 2 N–H and O–H groups in total. The maximum absolute atomic E-state index is 14.2. The van der Waals surface area contributed by atoms with E-state index in [9.17, 15) is 18.4 Å². The SMILES string of the molecule is CC1(C)OB(B2OC(C)(C)C(C)(C)O2)OC1(C)C.CO/N=C/c1ccc(-c2ccccc2NC(=O)c2c(C)nn(C)c2F)cc1.CO/N=C/c1ccc(Br)cc1.Cc1nn(C)c(F)c1C(=O)Nc1ccccc1Br. The fourth-order valence-corrected chi connectivity index (χ4v) is 7.72. The number of hydrogen-bond donors (Lipinski definition) is 2. The number of halogens is 4. The van der Waals surface area contributed by atoms with E-state index in [1.807, 2.05) is 128 Å². The average molecular weight is 1150 g/mol. The van der Waals surface area contributed by atoms with Gasteiger partial charge in [-0.3, -0.25) is 9.59 Å². The highest BCUT2D eigenvalue weighted by molar-refractivity contribution is 9.10.